The molecule has 2 aliphatic rings. The average Bonchev–Trinajstić information content (AvgIpc) is 3.14. The second-order valence-electron chi connectivity index (χ2n) is 6.60. The summed E-state index contributed by atoms with van der Waals surface area (Å²) in [7, 11) is 0. The summed E-state index contributed by atoms with van der Waals surface area (Å²) in [6, 6.07) is -0.368. The molecule has 1 saturated carbocycles. The van der Waals surface area contributed by atoms with E-state index >= 15 is 0 Å². The third kappa shape index (κ3) is 3.83. The van der Waals surface area contributed by atoms with Crippen LogP contribution in [0, 0.1) is 5.92 Å². The van der Waals surface area contributed by atoms with Crippen molar-refractivity contribution < 1.29 is 9.59 Å². The van der Waals surface area contributed by atoms with Crippen LogP contribution in [0.25, 0.3) is 0 Å². The summed E-state index contributed by atoms with van der Waals surface area (Å²) in [5.41, 5.74) is 0. The summed E-state index contributed by atoms with van der Waals surface area (Å²) in [4.78, 5) is 36.9. The fourth-order valence-corrected chi connectivity index (χ4v) is 3.70. The highest BCUT2D eigenvalue weighted by atomic mass is 16.2. The van der Waals surface area contributed by atoms with E-state index in [1.165, 1.54) is 6.92 Å². The van der Waals surface area contributed by atoms with E-state index in [-0.39, 0.29) is 23.8 Å². The first-order valence-electron chi connectivity index (χ1n) is 8.72. The number of nitrogens with one attached hydrogen (secondary N) is 1. The van der Waals surface area contributed by atoms with Gasteiger partial charge < -0.3 is 15.1 Å². The van der Waals surface area contributed by atoms with Crippen LogP contribution in [0.1, 0.15) is 32.6 Å². The molecule has 0 bridgehead atoms. The Morgan fingerprint density at radius 2 is 1.88 bits per heavy atom. The van der Waals surface area contributed by atoms with Gasteiger partial charge in [0.05, 0.1) is 6.20 Å². The van der Waals surface area contributed by atoms with Crippen molar-refractivity contribution in [1.82, 2.24) is 20.2 Å². The molecule has 2 fully saturated rings. The van der Waals surface area contributed by atoms with Crippen molar-refractivity contribution in [3.05, 3.63) is 18.6 Å². The maximum Gasteiger partial charge on any atom is 0.245 e. The van der Waals surface area contributed by atoms with Crippen molar-refractivity contribution in [2.75, 3.05) is 31.1 Å². The second-order valence-corrected chi connectivity index (χ2v) is 6.60. The van der Waals surface area contributed by atoms with Gasteiger partial charge in [-0.2, -0.15) is 0 Å². The van der Waals surface area contributed by atoms with E-state index in [0.717, 1.165) is 44.6 Å². The van der Waals surface area contributed by atoms with Gasteiger partial charge in [-0.05, 0) is 18.8 Å². The second kappa shape index (κ2) is 7.59. The Labute approximate surface area is 142 Å². The zero-order valence-electron chi connectivity index (χ0n) is 14.1. The zero-order chi connectivity index (χ0) is 16.9. The third-order valence-corrected chi connectivity index (χ3v) is 4.96. The Morgan fingerprint density at radius 3 is 2.46 bits per heavy atom. The van der Waals surface area contributed by atoms with Crippen LogP contribution in [-0.4, -0.2) is 58.9 Å². The topological polar surface area (TPSA) is 78.4 Å². The van der Waals surface area contributed by atoms with Crippen molar-refractivity contribution in [1.29, 1.82) is 0 Å². The van der Waals surface area contributed by atoms with Gasteiger partial charge in [0, 0.05) is 45.5 Å². The van der Waals surface area contributed by atoms with Gasteiger partial charge in [0.1, 0.15) is 11.9 Å². The summed E-state index contributed by atoms with van der Waals surface area (Å²) in [5.74, 6) is 1.06. The number of aromatic nitrogens is 2. The van der Waals surface area contributed by atoms with Crippen molar-refractivity contribution in [2.45, 2.75) is 38.6 Å². The molecule has 0 radical (unpaired) electrons. The molecular formula is C17H25N5O2. The van der Waals surface area contributed by atoms with Crippen molar-refractivity contribution >= 4 is 17.6 Å². The first kappa shape index (κ1) is 16.7. The highest BCUT2D eigenvalue weighted by molar-refractivity contribution is 5.87. The van der Waals surface area contributed by atoms with Crippen LogP contribution in [0.5, 0.6) is 0 Å². The molecule has 0 aromatic carbocycles. The predicted octanol–water partition coefficient (Wildman–Crippen LogP) is 0.820. The number of carbonyl (C=O) groups excluding carboxylic acids is 2. The largest absolute Gasteiger partial charge is 0.352 e. The van der Waals surface area contributed by atoms with E-state index < -0.39 is 0 Å². The number of hydrogen-bond donors (Lipinski definition) is 1. The van der Waals surface area contributed by atoms with Crippen LogP contribution in [-0.2, 0) is 9.59 Å². The highest BCUT2D eigenvalue weighted by Gasteiger charge is 2.35. The Balaban J connectivity index is 1.61. The third-order valence-electron chi connectivity index (χ3n) is 4.96. The van der Waals surface area contributed by atoms with Gasteiger partial charge in [0.25, 0.3) is 0 Å². The lowest BCUT2D eigenvalue weighted by Gasteiger charge is -2.38. The Hall–Kier alpha value is -2.18. The molecule has 7 heteroatoms. The molecule has 1 aromatic rings. The first-order valence-corrected chi connectivity index (χ1v) is 8.72. The number of amides is 2. The van der Waals surface area contributed by atoms with Crippen LogP contribution in [0.2, 0.25) is 0 Å². The molecule has 1 saturated heterocycles. The number of anilines is 1. The summed E-state index contributed by atoms with van der Waals surface area (Å²) in [6.45, 7) is 4.27. The molecule has 24 heavy (non-hydrogen) atoms. The number of nitrogens with zero attached hydrogens (tertiary/aromatic N) is 4. The van der Waals surface area contributed by atoms with Crippen LogP contribution in [0.15, 0.2) is 18.6 Å². The Bertz CT molecular complexity index is 566. The van der Waals surface area contributed by atoms with Gasteiger partial charge >= 0.3 is 0 Å². The molecule has 130 valence electrons. The maximum absolute atomic E-state index is 12.9. The molecule has 3 rings (SSSR count). The number of carbonyl (C=O) groups is 2. The molecule has 2 heterocycles. The predicted molar refractivity (Wildman–Crippen MR) is 90.4 cm³/mol. The molecule has 0 spiro atoms. The number of rotatable bonds is 4. The Morgan fingerprint density at radius 1 is 1.17 bits per heavy atom. The van der Waals surface area contributed by atoms with E-state index in [9.17, 15) is 9.59 Å². The summed E-state index contributed by atoms with van der Waals surface area (Å²) in [5, 5.41) is 2.90. The fourth-order valence-electron chi connectivity index (χ4n) is 3.70. The average molecular weight is 331 g/mol. The molecule has 7 nitrogen and oxygen atoms in total. The molecule has 1 aliphatic carbocycles. The maximum atomic E-state index is 12.9. The van der Waals surface area contributed by atoms with E-state index in [4.69, 9.17) is 0 Å². The van der Waals surface area contributed by atoms with E-state index in [1.54, 1.807) is 18.6 Å². The van der Waals surface area contributed by atoms with Gasteiger partial charge in [-0.1, -0.05) is 12.8 Å². The lowest BCUT2D eigenvalue weighted by Crippen LogP contribution is -2.56. The van der Waals surface area contributed by atoms with Gasteiger partial charge in [-0.3, -0.25) is 14.6 Å². The smallest absolute Gasteiger partial charge is 0.245 e. The summed E-state index contributed by atoms with van der Waals surface area (Å²) < 4.78 is 0. The monoisotopic (exact) mass is 331 g/mol. The van der Waals surface area contributed by atoms with Crippen LogP contribution in [0.4, 0.5) is 5.82 Å². The van der Waals surface area contributed by atoms with Crippen LogP contribution in [0.3, 0.4) is 0 Å². The minimum Gasteiger partial charge on any atom is -0.352 e. The molecule has 2 amide bonds. The molecule has 1 N–H and O–H groups in total. The van der Waals surface area contributed by atoms with E-state index in [1.807, 2.05) is 4.90 Å². The SMILES string of the molecule is CC(=O)NC(C(=O)N1CCN(c2cnccn2)CC1)C1CCCC1. The Kier molecular flexibility index (Phi) is 5.27. The number of hydrogen-bond acceptors (Lipinski definition) is 5. The van der Waals surface area contributed by atoms with Gasteiger partial charge in [-0.25, -0.2) is 4.98 Å². The van der Waals surface area contributed by atoms with Gasteiger partial charge in [0.2, 0.25) is 11.8 Å². The van der Waals surface area contributed by atoms with E-state index in [2.05, 4.69) is 20.2 Å². The van der Waals surface area contributed by atoms with E-state index in [0.29, 0.717) is 13.1 Å². The lowest BCUT2D eigenvalue weighted by molar-refractivity contribution is -0.137. The molecule has 1 aliphatic heterocycles. The van der Waals surface area contributed by atoms with Crippen LogP contribution >= 0.6 is 0 Å². The van der Waals surface area contributed by atoms with Crippen molar-refractivity contribution in [3.8, 4) is 0 Å². The summed E-state index contributed by atoms with van der Waals surface area (Å²) >= 11 is 0. The first-order chi connectivity index (χ1) is 11.6. The van der Waals surface area contributed by atoms with Gasteiger partial charge in [-0.15, -0.1) is 0 Å². The standard InChI is InChI=1S/C17H25N5O2/c1-13(23)20-16(14-4-2-3-5-14)17(24)22-10-8-21(9-11-22)15-12-18-6-7-19-15/h6-7,12,14,16H,2-5,8-11H2,1H3,(H,20,23). The molecule has 1 unspecified atom stereocenters. The zero-order valence-corrected chi connectivity index (χ0v) is 14.1. The quantitative estimate of drug-likeness (QED) is 0.884. The normalized spacial score (nSPS) is 20.0. The fraction of sp³-hybridized carbons (Fsp3) is 0.647. The van der Waals surface area contributed by atoms with Crippen molar-refractivity contribution in [2.24, 2.45) is 5.92 Å². The summed E-state index contributed by atoms with van der Waals surface area (Å²) in [6.07, 6.45) is 9.42. The van der Waals surface area contributed by atoms with Gasteiger partial charge in [0.15, 0.2) is 0 Å². The minimum atomic E-state index is -0.368. The molecule has 1 atom stereocenters. The van der Waals surface area contributed by atoms with Crippen LogP contribution < -0.4 is 10.2 Å². The molecular weight excluding hydrogens is 306 g/mol. The molecule has 1 aromatic heterocycles. The minimum absolute atomic E-state index is 0.0656. The highest BCUT2D eigenvalue weighted by Crippen LogP contribution is 2.29. The van der Waals surface area contributed by atoms with Crippen molar-refractivity contribution in [3.63, 3.8) is 0 Å². The number of piperazine rings is 1. The lowest BCUT2D eigenvalue weighted by atomic mass is 9.96.